The highest BCUT2D eigenvalue weighted by atomic mass is 14.7. The van der Waals surface area contributed by atoms with Gasteiger partial charge >= 0.3 is 0 Å². The Morgan fingerprint density at radius 2 is 1.24 bits per heavy atom. The second-order valence-electron chi connectivity index (χ2n) is 4.81. The van der Waals surface area contributed by atoms with Crippen molar-refractivity contribution in [3.8, 4) is 6.07 Å². The van der Waals surface area contributed by atoms with E-state index in [0.29, 0.717) is 0 Å². The van der Waals surface area contributed by atoms with Gasteiger partial charge < -0.3 is 0 Å². The number of hydrogen-bond acceptors (Lipinski definition) is 2. The summed E-state index contributed by atoms with van der Waals surface area (Å²) in [4.78, 5) is 4.45. The first-order chi connectivity index (χ1) is 10.4. The van der Waals surface area contributed by atoms with Crippen LogP contribution >= 0.6 is 0 Å². The maximum atomic E-state index is 10.0. The van der Waals surface area contributed by atoms with Crippen molar-refractivity contribution in [1.29, 1.82) is 5.26 Å². The molecule has 1 aromatic heterocycles. The highest BCUT2D eigenvalue weighted by molar-refractivity contribution is 5.54. The monoisotopic (exact) mass is 270 g/mol. The summed E-state index contributed by atoms with van der Waals surface area (Å²) >= 11 is 0. The molecule has 0 bridgehead atoms. The first-order valence-corrected chi connectivity index (χ1v) is 6.82. The smallest absolute Gasteiger partial charge is 0.149 e. The molecule has 0 unspecified atom stereocenters. The van der Waals surface area contributed by atoms with E-state index in [2.05, 4.69) is 11.1 Å². The van der Waals surface area contributed by atoms with Crippen molar-refractivity contribution in [3.63, 3.8) is 0 Å². The lowest BCUT2D eigenvalue weighted by Crippen LogP contribution is -2.28. The van der Waals surface area contributed by atoms with Gasteiger partial charge in [-0.1, -0.05) is 66.7 Å². The number of nitriles is 1. The molecule has 3 rings (SSSR count). The minimum Gasteiger partial charge on any atom is -0.259 e. The molecule has 0 aliphatic rings. The summed E-state index contributed by atoms with van der Waals surface area (Å²) in [6.45, 7) is 0. The van der Waals surface area contributed by atoms with Gasteiger partial charge in [-0.3, -0.25) is 4.98 Å². The molecule has 0 aliphatic heterocycles. The fourth-order valence-electron chi connectivity index (χ4n) is 2.61. The van der Waals surface area contributed by atoms with E-state index < -0.39 is 5.41 Å². The molecular formula is C19H14N2. The van der Waals surface area contributed by atoms with Gasteiger partial charge in [0.1, 0.15) is 5.41 Å². The molecule has 0 saturated carbocycles. The van der Waals surface area contributed by atoms with Crippen molar-refractivity contribution in [2.45, 2.75) is 5.41 Å². The van der Waals surface area contributed by atoms with Gasteiger partial charge in [0.2, 0.25) is 0 Å². The molecule has 0 fully saturated rings. The SMILES string of the molecule is N#CC(c1ccccc1)(c1ccccc1)c1ccccn1. The predicted molar refractivity (Wildman–Crippen MR) is 82.6 cm³/mol. The predicted octanol–water partition coefficient (Wildman–Crippen LogP) is 3.94. The van der Waals surface area contributed by atoms with Crippen LogP contribution in [0.5, 0.6) is 0 Å². The normalized spacial score (nSPS) is 10.8. The summed E-state index contributed by atoms with van der Waals surface area (Å²) in [6, 6.07) is 27.8. The number of hydrogen-bond donors (Lipinski definition) is 0. The van der Waals surface area contributed by atoms with Crippen LogP contribution < -0.4 is 0 Å². The van der Waals surface area contributed by atoms with Gasteiger partial charge in [0, 0.05) is 6.20 Å². The van der Waals surface area contributed by atoms with E-state index in [9.17, 15) is 5.26 Å². The van der Waals surface area contributed by atoms with E-state index in [-0.39, 0.29) is 0 Å². The molecule has 1 heterocycles. The van der Waals surface area contributed by atoms with Crippen LogP contribution in [0.15, 0.2) is 85.1 Å². The highest BCUT2D eigenvalue weighted by Gasteiger charge is 2.37. The standard InChI is InChI=1S/C19H14N2/c20-15-19(16-9-3-1-4-10-16,17-11-5-2-6-12-17)18-13-7-8-14-21-18/h1-14H. The van der Waals surface area contributed by atoms with Crippen molar-refractivity contribution >= 4 is 0 Å². The van der Waals surface area contributed by atoms with E-state index >= 15 is 0 Å². The van der Waals surface area contributed by atoms with Crippen molar-refractivity contribution < 1.29 is 0 Å². The highest BCUT2D eigenvalue weighted by Crippen LogP contribution is 2.37. The van der Waals surface area contributed by atoms with Gasteiger partial charge in [-0.2, -0.15) is 5.26 Å². The third kappa shape index (κ3) is 2.19. The van der Waals surface area contributed by atoms with Gasteiger partial charge in [-0.15, -0.1) is 0 Å². The first kappa shape index (κ1) is 13.1. The third-order valence-electron chi connectivity index (χ3n) is 3.63. The van der Waals surface area contributed by atoms with Gasteiger partial charge in [-0.05, 0) is 23.3 Å². The Morgan fingerprint density at radius 1 is 0.714 bits per heavy atom. The maximum absolute atomic E-state index is 10.0. The third-order valence-corrected chi connectivity index (χ3v) is 3.63. The summed E-state index contributed by atoms with van der Waals surface area (Å²) in [5.41, 5.74) is 1.71. The Labute approximate surface area is 124 Å². The van der Waals surface area contributed by atoms with Crippen LogP contribution in [0.4, 0.5) is 0 Å². The fraction of sp³-hybridized carbons (Fsp3) is 0.0526. The molecule has 2 heteroatoms. The van der Waals surface area contributed by atoms with E-state index in [1.807, 2.05) is 78.9 Å². The van der Waals surface area contributed by atoms with Crippen LogP contribution in [0.2, 0.25) is 0 Å². The average Bonchev–Trinajstić information content (AvgIpc) is 2.59. The minimum absolute atomic E-state index is 0.741. The number of aromatic nitrogens is 1. The van der Waals surface area contributed by atoms with Crippen molar-refractivity contribution in [2.24, 2.45) is 0 Å². The Hall–Kier alpha value is -2.92. The molecule has 0 saturated heterocycles. The molecule has 100 valence electrons. The summed E-state index contributed by atoms with van der Waals surface area (Å²) in [6.07, 6.45) is 1.73. The van der Waals surface area contributed by atoms with Crippen LogP contribution in [0, 0.1) is 11.3 Å². The van der Waals surface area contributed by atoms with Gasteiger partial charge in [-0.25, -0.2) is 0 Å². The molecular weight excluding hydrogens is 256 g/mol. The zero-order valence-corrected chi connectivity index (χ0v) is 11.5. The van der Waals surface area contributed by atoms with E-state index in [1.165, 1.54) is 0 Å². The molecule has 0 radical (unpaired) electrons. The topological polar surface area (TPSA) is 36.7 Å². The van der Waals surface area contributed by atoms with Gasteiger partial charge in [0.25, 0.3) is 0 Å². The second-order valence-corrected chi connectivity index (χ2v) is 4.81. The largest absolute Gasteiger partial charge is 0.259 e. The van der Waals surface area contributed by atoms with Crippen molar-refractivity contribution in [2.75, 3.05) is 0 Å². The van der Waals surface area contributed by atoms with Crippen LogP contribution in [-0.2, 0) is 5.41 Å². The summed E-state index contributed by atoms with van der Waals surface area (Å²) < 4.78 is 0. The molecule has 2 aromatic carbocycles. The lowest BCUT2D eigenvalue weighted by Gasteiger charge is -2.27. The van der Waals surface area contributed by atoms with E-state index in [4.69, 9.17) is 0 Å². The quantitative estimate of drug-likeness (QED) is 0.722. The molecule has 0 N–H and O–H groups in total. The summed E-state index contributed by atoms with van der Waals surface area (Å²) in [5.74, 6) is 0. The maximum Gasteiger partial charge on any atom is 0.149 e. The van der Waals surface area contributed by atoms with Crippen LogP contribution in [0.1, 0.15) is 16.8 Å². The van der Waals surface area contributed by atoms with Crippen LogP contribution in [0.25, 0.3) is 0 Å². The second kappa shape index (κ2) is 5.60. The Bertz CT molecular complexity index is 647. The first-order valence-electron chi connectivity index (χ1n) is 6.82. The van der Waals surface area contributed by atoms with Gasteiger partial charge in [0.15, 0.2) is 0 Å². The molecule has 3 aromatic rings. The van der Waals surface area contributed by atoms with Crippen LogP contribution in [-0.4, -0.2) is 4.98 Å². The molecule has 0 atom stereocenters. The van der Waals surface area contributed by atoms with Gasteiger partial charge in [0.05, 0.1) is 11.8 Å². The number of pyridine rings is 1. The molecule has 0 aliphatic carbocycles. The van der Waals surface area contributed by atoms with E-state index in [1.54, 1.807) is 6.20 Å². The summed E-state index contributed by atoms with van der Waals surface area (Å²) in [5, 5.41) is 10.0. The lowest BCUT2D eigenvalue weighted by molar-refractivity contribution is 0.759. The Kier molecular flexibility index (Phi) is 3.49. The molecule has 21 heavy (non-hydrogen) atoms. The lowest BCUT2D eigenvalue weighted by atomic mass is 9.73. The Morgan fingerprint density at radius 3 is 1.67 bits per heavy atom. The average molecular weight is 270 g/mol. The molecule has 0 spiro atoms. The van der Waals surface area contributed by atoms with E-state index in [0.717, 1.165) is 16.8 Å². The van der Waals surface area contributed by atoms with Crippen molar-refractivity contribution in [1.82, 2.24) is 4.98 Å². The Balaban J connectivity index is 2.32. The summed E-state index contributed by atoms with van der Waals surface area (Å²) in [7, 11) is 0. The zero-order valence-electron chi connectivity index (χ0n) is 11.5. The zero-order chi connectivity index (χ0) is 14.5. The van der Waals surface area contributed by atoms with Crippen molar-refractivity contribution in [3.05, 3.63) is 102 Å². The molecule has 2 nitrogen and oxygen atoms in total. The van der Waals surface area contributed by atoms with Crippen LogP contribution in [0.3, 0.4) is 0 Å². The fourth-order valence-corrected chi connectivity index (χ4v) is 2.61. The minimum atomic E-state index is -0.885. The number of rotatable bonds is 3. The number of benzene rings is 2. The molecule has 0 amide bonds. The number of nitrogens with zero attached hydrogens (tertiary/aromatic N) is 2.